The minimum atomic E-state index is 0.358. The molecular weight excluding hydrogens is 324 g/mol. The summed E-state index contributed by atoms with van der Waals surface area (Å²) in [5.74, 6) is 1.66. The number of nitrogens with zero attached hydrogens (tertiary/aromatic N) is 4. The third-order valence-electron chi connectivity index (χ3n) is 3.56. The molecule has 6 heteroatoms. The van der Waals surface area contributed by atoms with E-state index in [9.17, 15) is 0 Å². The van der Waals surface area contributed by atoms with E-state index in [0.717, 1.165) is 16.6 Å². The van der Waals surface area contributed by atoms with Crippen LogP contribution in [0.2, 0.25) is 5.15 Å². The molecule has 0 aliphatic carbocycles. The Morgan fingerprint density at radius 1 is 1.00 bits per heavy atom. The summed E-state index contributed by atoms with van der Waals surface area (Å²) in [5, 5.41) is 5.90. The Hall–Kier alpha value is -2.92. The zero-order valence-electron chi connectivity index (χ0n) is 12.8. The van der Waals surface area contributed by atoms with E-state index < -0.39 is 0 Å². The van der Waals surface area contributed by atoms with Gasteiger partial charge in [0.15, 0.2) is 0 Å². The van der Waals surface area contributed by atoms with Crippen molar-refractivity contribution in [3.63, 3.8) is 0 Å². The van der Waals surface area contributed by atoms with Crippen molar-refractivity contribution in [2.45, 2.75) is 6.92 Å². The van der Waals surface area contributed by atoms with Crippen molar-refractivity contribution in [3.8, 4) is 17.3 Å². The first-order valence-electron chi connectivity index (χ1n) is 7.41. The van der Waals surface area contributed by atoms with Gasteiger partial charge in [0.1, 0.15) is 16.7 Å². The number of benzene rings is 2. The van der Waals surface area contributed by atoms with Crippen LogP contribution in [0.1, 0.15) is 5.82 Å². The van der Waals surface area contributed by atoms with E-state index in [4.69, 9.17) is 16.3 Å². The van der Waals surface area contributed by atoms with Crippen molar-refractivity contribution >= 4 is 22.5 Å². The van der Waals surface area contributed by atoms with E-state index in [0.29, 0.717) is 22.6 Å². The number of rotatable bonds is 3. The molecule has 2 heterocycles. The van der Waals surface area contributed by atoms with Gasteiger partial charge in [-0.15, -0.1) is 0 Å². The number of aromatic nitrogens is 4. The Bertz CT molecular complexity index is 991. The van der Waals surface area contributed by atoms with Crippen LogP contribution >= 0.6 is 11.6 Å². The minimum Gasteiger partial charge on any atom is -0.439 e. The van der Waals surface area contributed by atoms with Crippen LogP contribution in [-0.2, 0) is 0 Å². The van der Waals surface area contributed by atoms with E-state index in [-0.39, 0.29) is 0 Å². The number of para-hydroxylation sites is 1. The molecule has 0 bridgehead atoms. The van der Waals surface area contributed by atoms with E-state index in [1.54, 1.807) is 13.0 Å². The highest BCUT2D eigenvalue weighted by Gasteiger charge is 2.06. The molecule has 5 nitrogen and oxygen atoms in total. The summed E-state index contributed by atoms with van der Waals surface area (Å²) in [6.07, 6.45) is 1.85. The predicted octanol–water partition coefficient (Wildman–Crippen LogP) is 4.57. The highest BCUT2D eigenvalue weighted by atomic mass is 35.5. The van der Waals surface area contributed by atoms with E-state index in [1.165, 1.54) is 0 Å². The van der Waals surface area contributed by atoms with Crippen LogP contribution < -0.4 is 4.74 Å². The molecule has 0 amide bonds. The maximum absolute atomic E-state index is 5.92. The van der Waals surface area contributed by atoms with Crippen molar-refractivity contribution in [1.82, 2.24) is 19.7 Å². The zero-order chi connectivity index (χ0) is 16.5. The van der Waals surface area contributed by atoms with Gasteiger partial charge < -0.3 is 4.74 Å². The first-order valence-corrected chi connectivity index (χ1v) is 7.79. The first-order chi connectivity index (χ1) is 11.7. The maximum atomic E-state index is 5.92. The fourth-order valence-electron chi connectivity index (χ4n) is 2.51. The predicted molar refractivity (Wildman–Crippen MR) is 92.9 cm³/mol. The van der Waals surface area contributed by atoms with E-state index >= 15 is 0 Å². The number of hydrogen-bond donors (Lipinski definition) is 0. The number of fused-ring (bicyclic) bond motifs is 1. The average molecular weight is 337 g/mol. The van der Waals surface area contributed by atoms with Gasteiger partial charge in [-0.05, 0) is 37.3 Å². The summed E-state index contributed by atoms with van der Waals surface area (Å²) >= 11 is 5.92. The summed E-state index contributed by atoms with van der Waals surface area (Å²) in [6, 6.07) is 17.3. The summed E-state index contributed by atoms with van der Waals surface area (Å²) in [6.45, 7) is 1.77. The number of aryl methyl sites for hydroxylation is 1. The third kappa shape index (κ3) is 2.81. The van der Waals surface area contributed by atoms with Crippen LogP contribution in [-0.4, -0.2) is 19.7 Å². The van der Waals surface area contributed by atoms with Gasteiger partial charge in [-0.2, -0.15) is 10.1 Å². The lowest BCUT2D eigenvalue weighted by Gasteiger charge is -2.07. The quantitative estimate of drug-likeness (QED) is 0.514. The molecule has 0 spiro atoms. The lowest BCUT2D eigenvalue weighted by Crippen LogP contribution is -1.96. The lowest BCUT2D eigenvalue weighted by atomic mass is 10.2. The van der Waals surface area contributed by atoms with Crippen molar-refractivity contribution in [3.05, 3.63) is 71.8 Å². The largest absolute Gasteiger partial charge is 0.439 e. The van der Waals surface area contributed by atoms with E-state index in [1.807, 2.05) is 59.4 Å². The van der Waals surface area contributed by atoms with E-state index in [2.05, 4.69) is 15.1 Å². The Kier molecular flexibility index (Phi) is 3.63. The minimum absolute atomic E-state index is 0.358. The number of hydrogen-bond acceptors (Lipinski definition) is 4. The highest BCUT2D eigenvalue weighted by molar-refractivity contribution is 6.29. The van der Waals surface area contributed by atoms with Gasteiger partial charge in [-0.25, -0.2) is 9.67 Å². The maximum Gasteiger partial charge on any atom is 0.224 e. The molecule has 0 atom stereocenters. The summed E-state index contributed by atoms with van der Waals surface area (Å²) in [5.41, 5.74) is 2.02. The molecule has 0 fully saturated rings. The molecule has 4 rings (SSSR count). The molecule has 0 aliphatic heterocycles. The monoisotopic (exact) mass is 336 g/mol. The van der Waals surface area contributed by atoms with Crippen molar-refractivity contribution < 1.29 is 4.74 Å². The van der Waals surface area contributed by atoms with Gasteiger partial charge in [-0.3, -0.25) is 0 Å². The van der Waals surface area contributed by atoms with Crippen LogP contribution in [0.3, 0.4) is 0 Å². The molecule has 2 aromatic heterocycles. The Balaban J connectivity index is 1.63. The van der Waals surface area contributed by atoms with Gasteiger partial charge in [0.25, 0.3) is 0 Å². The van der Waals surface area contributed by atoms with Crippen molar-refractivity contribution in [2.75, 3.05) is 0 Å². The second-order valence-electron chi connectivity index (χ2n) is 5.29. The van der Waals surface area contributed by atoms with Gasteiger partial charge in [0.05, 0.1) is 17.4 Å². The van der Waals surface area contributed by atoms with Crippen molar-refractivity contribution in [2.24, 2.45) is 0 Å². The van der Waals surface area contributed by atoms with Gasteiger partial charge in [0, 0.05) is 11.5 Å². The second kappa shape index (κ2) is 5.94. The molecule has 0 radical (unpaired) electrons. The fourth-order valence-corrected chi connectivity index (χ4v) is 2.73. The van der Waals surface area contributed by atoms with Gasteiger partial charge >= 0.3 is 0 Å². The van der Waals surface area contributed by atoms with Crippen LogP contribution in [0, 0.1) is 6.92 Å². The van der Waals surface area contributed by atoms with Crippen LogP contribution in [0.5, 0.6) is 11.6 Å². The highest BCUT2D eigenvalue weighted by Crippen LogP contribution is 2.24. The molecule has 0 saturated carbocycles. The SMILES string of the molecule is Cc1nc(Cl)cc(Oc2ccc(-n3ncc4ccccc43)cc2)n1. The van der Waals surface area contributed by atoms with Crippen LogP contribution in [0.15, 0.2) is 60.8 Å². The van der Waals surface area contributed by atoms with Crippen molar-refractivity contribution in [1.29, 1.82) is 0 Å². The molecule has 0 N–H and O–H groups in total. The lowest BCUT2D eigenvalue weighted by molar-refractivity contribution is 0.459. The summed E-state index contributed by atoms with van der Waals surface area (Å²) < 4.78 is 7.63. The molecule has 0 saturated heterocycles. The Labute approximate surface area is 143 Å². The Morgan fingerprint density at radius 2 is 1.79 bits per heavy atom. The number of ether oxygens (including phenoxy) is 1. The third-order valence-corrected chi connectivity index (χ3v) is 3.76. The van der Waals surface area contributed by atoms with Gasteiger partial charge in [-0.1, -0.05) is 29.8 Å². The topological polar surface area (TPSA) is 52.8 Å². The molecule has 0 aliphatic rings. The fraction of sp³-hybridized carbons (Fsp3) is 0.0556. The number of halogens is 1. The smallest absolute Gasteiger partial charge is 0.224 e. The second-order valence-corrected chi connectivity index (χ2v) is 5.67. The first kappa shape index (κ1) is 14.7. The molecule has 4 aromatic rings. The summed E-state index contributed by atoms with van der Waals surface area (Å²) in [4.78, 5) is 8.22. The average Bonchev–Trinajstić information content (AvgIpc) is 2.99. The molecule has 118 valence electrons. The Morgan fingerprint density at radius 3 is 2.58 bits per heavy atom. The zero-order valence-corrected chi connectivity index (χ0v) is 13.6. The normalized spacial score (nSPS) is 10.9. The molecule has 2 aromatic carbocycles. The van der Waals surface area contributed by atoms with Gasteiger partial charge in [0.2, 0.25) is 5.88 Å². The molecule has 0 unspecified atom stereocenters. The van der Waals surface area contributed by atoms with Crippen LogP contribution in [0.4, 0.5) is 0 Å². The van der Waals surface area contributed by atoms with Crippen LogP contribution in [0.25, 0.3) is 16.6 Å². The molecule has 24 heavy (non-hydrogen) atoms. The molecular formula is C18H13ClN4O. The summed E-state index contributed by atoms with van der Waals surface area (Å²) in [7, 11) is 0. The standard InChI is InChI=1S/C18H13ClN4O/c1-12-21-17(19)10-18(22-12)24-15-8-6-14(7-9-15)23-16-5-3-2-4-13(16)11-20-23/h2-11H,1H3.